The lowest BCUT2D eigenvalue weighted by Gasteiger charge is -2.08. The number of nitrogens with one attached hydrogen (secondary N) is 1. The maximum Gasteiger partial charge on any atom is 0.281 e. The molecule has 0 aliphatic carbocycles. The quantitative estimate of drug-likeness (QED) is 0.940. The zero-order valence-corrected chi connectivity index (χ0v) is 11.5. The molecule has 2 aromatic rings. The van der Waals surface area contributed by atoms with E-state index in [2.05, 4.69) is 14.8 Å². The predicted octanol–water partition coefficient (Wildman–Crippen LogP) is 1.92. The molecule has 18 heavy (non-hydrogen) atoms. The van der Waals surface area contributed by atoms with Crippen LogP contribution >= 0.6 is 23.2 Å². The van der Waals surface area contributed by atoms with Gasteiger partial charge in [-0.1, -0.05) is 23.2 Å². The molecule has 0 bridgehead atoms. The van der Waals surface area contributed by atoms with E-state index in [1.54, 1.807) is 6.07 Å². The fraction of sp³-hybridized carbons (Fsp3) is 0.111. The minimum atomic E-state index is -3.88. The average Bonchev–Trinajstić information content (AvgIpc) is 2.62. The Kier molecular flexibility index (Phi) is 3.47. The van der Waals surface area contributed by atoms with Gasteiger partial charge in [0.25, 0.3) is 10.0 Å². The summed E-state index contributed by atoms with van der Waals surface area (Å²) in [4.78, 5) is 3.84. The Labute approximate surface area is 114 Å². The summed E-state index contributed by atoms with van der Waals surface area (Å²) in [6.45, 7) is 0. The lowest BCUT2D eigenvalue weighted by atomic mass is 10.5. The van der Waals surface area contributed by atoms with Gasteiger partial charge in [0.2, 0.25) is 0 Å². The van der Waals surface area contributed by atoms with Crippen molar-refractivity contribution in [1.82, 2.24) is 14.8 Å². The van der Waals surface area contributed by atoms with Crippen molar-refractivity contribution in [1.29, 1.82) is 0 Å². The molecule has 9 heteroatoms. The summed E-state index contributed by atoms with van der Waals surface area (Å²) in [5.41, 5.74) is 0. The second-order valence-electron chi connectivity index (χ2n) is 3.36. The van der Waals surface area contributed by atoms with Crippen molar-refractivity contribution >= 4 is 39.0 Å². The fourth-order valence-corrected chi connectivity index (χ4v) is 3.25. The van der Waals surface area contributed by atoms with Crippen LogP contribution in [0.4, 0.5) is 5.82 Å². The number of aryl methyl sites for hydroxylation is 1. The van der Waals surface area contributed by atoms with Gasteiger partial charge in [-0.25, -0.2) is 4.98 Å². The Hall–Kier alpha value is -1.31. The van der Waals surface area contributed by atoms with E-state index in [1.807, 2.05) is 0 Å². The Bertz CT molecular complexity index is 664. The van der Waals surface area contributed by atoms with E-state index in [0.717, 1.165) is 4.68 Å². The topological polar surface area (TPSA) is 76.9 Å². The monoisotopic (exact) mass is 306 g/mol. The minimum absolute atomic E-state index is 0.0250. The zero-order chi connectivity index (χ0) is 13.3. The highest BCUT2D eigenvalue weighted by molar-refractivity contribution is 7.92. The second-order valence-corrected chi connectivity index (χ2v) is 5.77. The number of halogens is 2. The normalized spacial score (nSPS) is 11.5. The Morgan fingerprint density at radius 3 is 2.61 bits per heavy atom. The number of nitrogens with zero attached hydrogens (tertiary/aromatic N) is 3. The smallest absolute Gasteiger partial charge is 0.261 e. The van der Waals surface area contributed by atoms with E-state index in [4.69, 9.17) is 23.2 Å². The van der Waals surface area contributed by atoms with Crippen LogP contribution in [0.3, 0.4) is 0 Å². The molecule has 1 N–H and O–H groups in total. The van der Waals surface area contributed by atoms with Gasteiger partial charge in [0.1, 0.15) is 0 Å². The zero-order valence-electron chi connectivity index (χ0n) is 9.13. The van der Waals surface area contributed by atoms with Crippen LogP contribution in [0.5, 0.6) is 0 Å². The van der Waals surface area contributed by atoms with Crippen LogP contribution in [-0.2, 0) is 17.1 Å². The van der Waals surface area contributed by atoms with Gasteiger partial charge in [-0.15, -0.1) is 0 Å². The molecule has 0 aromatic carbocycles. The molecule has 0 saturated carbocycles. The molecular formula is C9H8Cl2N4O2S. The van der Waals surface area contributed by atoms with Crippen molar-refractivity contribution in [3.63, 3.8) is 0 Å². The average molecular weight is 307 g/mol. The molecule has 0 fully saturated rings. The molecule has 0 amide bonds. The van der Waals surface area contributed by atoms with E-state index >= 15 is 0 Å². The highest BCUT2D eigenvalue weighted by Crippen LogP contribution is 2.25. The number of aromatic nitrogens is 3. The first kappa shape index (κ1) is 13.1. The van der Waals surface area contributed by atoms with Gasteiger partial charge in [-0.3, -0.25) is 9.40 Å². The molecular weight excluding hydrogens is 299 g/mol. The number of hydrogen-bond donors (Lipinski definition) is 1. The first-order valence-corrected chi connectivity index (χ1v) is 6.96. The molecule has 0 spiro atoms. The van der Waals surface area contributed by atoms with Crippen LogP contribution < -0.4 is 4.72 Å². The van der Waals surface area contributed by atoms with Gasteiger partial charge in [-0.2, -0.15) is 13.5 Å². The van der Waals surface area contributed by atoms with Crippen molar-refractivity contribution in [2.45, 2.75) is 5.03 Å². The molecule has 0 unspecified atom stereocenters. The lowest BCUT2D eigenvalue weighted by molar-refractivity contribution is 0.582. The van der Waals surface area contributed by atoms with E-state index in [-0.39, 0.29) is 20.9 Å². The van der Waals surface area contributed by atoms with E-state index in [9.17, 15) is 8.42 Å². The largest absolute Gasteiger partial charge is 0.281 e. The van der Waals surface area contributed by atoms with Crippen LogP contribution in [0.2, 0.25) is 10.0 Å². The summed E-state index contributed by atoms with van der Waals surface area (Å²) in [5.74, 6) is 0.0384. The Morgan fingerprint density at radius 2 is 2.06 bits per heavy atom. The van der Waals surface area contributed by atoms with Crippen LogP contribution in [-0.4, -0.2) is 23.2 Å². The second kappa shape index (κ2) is 4.75. The molecule has 2 heterocycles. The fourth-order valence-electron chi connectivity index (χ4n) is 1.34. The SMILES string of the molecule is Cn1ncc(Cl)c1S(=O)(=O)Nc1ncccc1Cl. The molecule has 2 rings (SSSR count). The summed E-state index contributed by atoms with van der Waals surface area (Å²) in [6.07, 6.45) is 2.67. The van der Waals surface area contributed by atoms with E-state index < -0.39 is 10.0 Å². The van der Waals surface area contributed by atoms with Crippen LogP contribution in [0, 0.1) is 0 Å². The summed E-state index contributed by atoms with van der Waals surface area (Å²) < 4.78 is 27.6. The number of sulfonamides is 1. The van der Waals surface area contributed by atoms with Crippen molar-refractivity contribution in [3.05, 3.63) is 34.6 Å². The van der Waals surface area contributed by atoms with Crippen LogP contribution in [0.1, 0.15) is 0 Å². The molecule has 0 saturated heterocycles. The molecule has 0 aliphatic heterocycles. The third kappa shape index (κ3) is 2.43. The Morgan fingerprint density at radius 1 is 1.33 bits per heavy atom. The standard InChI is InChI=1S/C9H8Cl2N4O2S/c1-15-9(7(11)5-13-15)18(16,17)14-8-6(10)3-2-4-12-8/h2-5H,1H3,(H,12,14). The van der Waals surface area contributed by atoms with Crippen molar-refractivity contribution in [3.8, 4) is 0 Å². The van der Waals surface area contributed by atoms with E-state index in [0.29, 0.717) is 0 Å². The lowest BCUT2D eigenvalue weighted by Crippen LogP contribution is -2.18. The highest BCUT2D eigenvalue weighted by atomic mass is 35.5. The van der Waals surface area contributed by atoms with E-state index in [1.165, 1.54) is 25.5 Å². The predicted molar refractivity (Wildman–Crippen MR) is 68.3 cm³/mol. The maximum atomic E-state index is 12.1. The summed E-state index contributed by atoms with van der Waals surface area (Å²) in [5, 5.41) is 3.83. The van der Waals surface area contributed by atoms with Gasteiger partial charge in [0, 0.05) is 13.2 Å². The van der Waals surface area contributed by atoms with Crippen molar-refractivity contribution in [2.24, 2.45) is 7.05 Å². The molecule has 0 atom stereocenters. The molecule has 96 valence electrons. The molecule has 0 radical (unpaired) electrons. The number of hydrogen-bond acceptors (Lipinski definition) is 4. The number of rotatable bonds is 3. The summed E-state index contributed by atoms with van der Waals surface area (Å²) in [7, 11) is -2.41. The number of anilines is 1. The molecule has 0 aliphatic rings. The number of pyridine rings is 1. The van der Waals surface area contributed by atoms with Crippen LogP contribution in [0.15, 0.2) is 29.6 Å². The van der Waals surface area contributed by atoms with Gasteiger partial charge >= 0.3 is 0 Å². The van der Waals surface area contributed by atoms with Gasteiger partial charge in [0.15, 0.2) is 10.8 Å². The van der Waals surface area contributed by atoms with Crippen LogP contribution in [0.25, 0.3) is 0 Å². The highest BCUT2D eigenvalue weighted by Gasteiger charge is 2.23. The van der Waals surface area contributed by atoms with Crippen molar-refractivity contribution < 1.29 is 8.42 Å². The van der Waals surface area contributed by atoms with Gasteiger partial charge in [-0.05, 0) is 12.1 Å². The first-order chi connectivity index (χ1) is 8.42. The minimum Gasteiger partial charge on any atom is -0.261 e. The molecule has 2 aromatic heterocycles. The molecule has 6 nitrogen and oxygen atoms in total. The maximum absolute atomic E-state index is 12.1. The third-order valence-corrected chi connectivity index (χ3v) is 4.24. The van der Waals surface area contributed by atoms with Crippen molar-refractivity contribution in [2.75, 3.05) is 4.72 Å². The third-order valence-electron chi connectivity index (χ3n) is 2.09. The van der Waals surface area contributed by atoms with Gasteiger partial charge in [0.05, 0.1) is 16.2 Å². The van der Waals surface area contributed by atoms with Gasteiger partial charge < -0.3 is 0 Å². The summed E-state index contributed by atoms with van der Waals surface area (Å²) >= 11 is 11.6. The summed E-state index contributed by atoms with van der Waals surface area (Å²) in [6, 6.07) is 3.12. The first-order valence-electron chi connectivity index (χ1n) is 4.72. The Balaban J connectivity index is 2.43.